The molecule has 1 aromatic carbocycles. The second-order valence-corrected chi connectivity index (χ2v) is 6.67. The number of ether oxygens (including phenoxy) is 1. The van der Waals surface area contributed by atoms with Crippen molar-refractivity contribution in [3.05, 3.63) is 35.9 Å². The van der Waals surface area contributed by atoms with E-state index in [9.17, 15) is 14.4 Å². The van der Waals surface area contributed by atoms with Crippen LogP contribution in [-0.2, 0) is 25.5 Å². The van der Waals surface area contributed by atoms with Crippen LogP contribution in [0.1, 0.15) is 51.0 Å². The third-order valence-electron chi connectivity index (χ3n) is 4.63. The van der Waals surface area contributed by atoms with Crippen LogP contribution in [0.25, 0.3) is 0 Å². The Morgan fingerprint density at radius 1 is 1.04 bits per heavy atom. The minimum Gasteiger partial charge on any atom is -0.464 e. The van der Waals surface area contributed by atoms with Crippen molar-refractivity contribution >= 4 is 17.8 Å². The van der Waals surface area contributed by atoms with Crippen LogP contribution >= 0.6 is 0 Å². The van der Waals surface area contributed by atoms with E-state index in [0.717, 1.165) is 24.8 Å². The zero-order chi connectivity index (χ0) is 18.8. The van der Waals surface area contributed by atoms with Crippen molar-refractivity contribution in [3.63, 3.8) is 0 Å². The van der Waals surface area contributed by atoms with Crippen molar-refractivity contribution < 1.29 is 19.1 Å². The molecule has 1 fully saturated rings. The predicted octanol–water partition coefficient (Wildman–Crippen LogP) is 2.12. The molecule has 0 saturated heterocycles. The maximum atomic E-state index is 12.3. The number of nitrogens with one attached hydrogen (secondary N) is 2. The first-order valence-electron chi connectivity index (χ1n) is 9.34. The Balaban J connectivity index is 1.79. The lowest BCUT2D eigenvalue weighted by Crippen LogP contribution is -2.56. The van der Waals surface area contributed by atoms with Crippen molar-refractivity contribution in [2.75, 3.05) is 13.2 Å². The first-order valence-corrected chi connectivity index (χ1v) is 9.34. The van der Waals surface area contributed by atoms with E-state index in [1.807, 2.05) is 30.3 Å². The normalized spacial score (nSPS) is 15.7. The highest BCUT2D eigenvalue weighted by Gasteiger charge is 2.42. The molecule has 1 aromatic rings. The van der Waals surface area contributed by atoms with Crippen LogP contribution < -0.4 is 10.6 Å². The zero-order valence-electron chi connectivity index (χ0n) is 15.4. The van der Waals surface area contributed by atoms with Crippen molar-refractivity contribution in [1.29, 1.82) is 0 Å². The molecule has 1 aliphatic carbocycles. The summed E-state index contributed by atoms with van der Waals surface area (Å²) in [6.07, 6.45) is 4.50. The number of hydrogen-bond acceptors (Lipinski definition) is 4. The molecule has 0 atom stereocenters. The molecule has 0 spiro atoms. The van der Waals surface area contributed by atoms with Gasteiger partial charge in [-0.05, 0) is 25.3 Å². The summed E-state index contributed by atoms with van der Waals surface area (Å²) in [4.78, 5) is 36.6. The van der Waals surface area contributed by atoms with Crippen molar-refractivity contribution in [2.24, 2.45) is 0 Å². The molecular formula is C20H28N2O4. The Kier molecular flexibility index (Phi) is 7.63. The molecule has 2 amide bonds. The Bertz CT molecular complexity index is 609. The van der Waals surface area contributed by atoms with E-state index in [1.165, 1.54) is 0 Å². The molecule has 2 rings (SSSR count). The van der Waals surface area contributed by atoms with E-state index in [0.29, 0.717) is 19.4 Å². The minimum atomic E-state index is -0.903. The minimum absolute atomic E-state index is 0.123. The average molecular weight is 360 g/mol. The molecule has 0 unspecified atom stereocenters. The lowest BCUT2D eigenvalue weighted by Gasteiger charge is -2.35. The van der Waals surface area contributed by atoms with Gasteiger partial charge in [-0.25, -0.2) is 4.79 Å². The zero-order valence-corrected chi connectivity index (χ0v) is 15.4. The molecule has 1 saturated carbocycles. The Morgan fingerprint density at radius 2 is 1.73 bits per heavy atom. The van der Waals surface area contributed by atoms with E-state index >= 15 is 0 Å². The van der Waals surface area contributed by atoms with E-state index in [2.05, 4.69) is 10.6 Å². The van der Waals surface area contributed by atoms with Crippen LogP contribution in [0, 0.1) is 0 Å². The lowest BCUT2D eigenvalue weighted by atomic mass is 9.81. The first kappa shape index (κ1) is 19.9. The molecule has 0 bridgehead atoms. The van der Waals surface area contributed by atoms with Gasteiger partial charge < -0.3 is 15.4 Å². The number of amides is 2. The standard InChI is InChI=1S/C20H28N2O4/c1-2-26-19(25)20(12-7-4-8-13-20)22-17(23)11-14-21-18(24)15-16-9-5-3-6-10-16/h3,5-6,9-10H,2,4,7-8,11-15H2,1H3,(H,21,24)(H,22,23). The molecule has 0 aliphatic heterocycles. The molecule has 0 radical (unpaired) electrons. The molecule has 1 aliphatic rings. The smallest absolute Gasteiger partial charge is 0.331 e. The topological polar surface area (TPSA) is 84.5 Å². The summed E-state index contributed by atoms with van der Waals surface area (Å²) >= 11 is 0. The van der Waals surface area contributed by atoms with Gasteiger partial charge in [-0.2, -0.15) is 0 Å². The van der Waals surface area contributed by atoms with E-state index in [4.69, 9.17) is 4.74 Å². The molecular weight excluding hydrogens is 332 g/mol. The largest absolute Gasteiger partial charge is 0.464 e. The Labute approximate surface area is 154 Å². The summed E-state index contributed by atoms with van der Waals surface area (Å²) in [5.41, 5.74) is 0.0252. The second kappa shape index (κ2) is 9.94. The summed E-state index contributed by atoms with van der Waals surface area (Å²) in [7, 11) is 0. The molecule has 6 heteroatoms. The number of rotatable bonds is 8. The van der Waals surface area contributed by atoms with Crippen molar-refractivity contribution in [1.82, 2.24) is 10.6 Å². The quantitative estimate of drug-likeness (QED) is 0.696. The molecule has 6 nitrogen and oxygen atoms in total. The fraction of sp³-hybridized carbons (Fsp3) is 0.550. The fourth-order valence-electron chi connectivity index (χ4n) is 3.29. The maximum Gasteiger partial charge on any atom is 0.331 e. The van der Waals surface area contributed by atoms with Gasteiger partial charge in [0.05, 0.1) is 13.0 Å². The van der Waals surface area contributed by atoms with Gasteiger partial charge >= 0.3 is 5.97 Å². The van der Waals surface area contributed by atoms with E-state index in [-0.39, 0.29) is 37.2 Å². The van der Waals surface area contributed by atoms with Crippen LogP contribution in [0.2, 0.25) is 0 Å². The van der Waals surface area contributed by atoms with Crippen molar-refractivity contribution in [3.8, 4) is 0 Å². The summed E-state index contributed by atoms with van der Waals surface area (Å²) in [6.45, 7) is 2.31. The number of carbonyl (C=O) groups excluding carboxylic acids is 3. The molecule has 142 valence electrons. The SMILES string of the molecule is CCOC(=O)C1(NC(=O)CCNC(=O)Cc2ccccc2)CCCCC1. The summed E-state index contributed by atoms with van der Waals surface area (Å²) in [5.74, 6) is -0.706. The van der Waals surface area contributed by atoms with E-state index in [1.54, 1.807) is 6.92 Å². The molecule has 26 heavy (non-hydrogen) atoms. The van der Waals surface area contributed by atoms with Gasteiger partial charge in [0, 0.05) is 13.0 Å². The van der Waals surface area contributed by atoms with Gasteiger partial charge in [0.15, 0.2) is 0 Å². The number of hydrogen-bond donors (Lipinski definition) is 2. The van der Waals surface area contributed by atoms with Gasteiger partial charge in [-0.1, -0.05) is 49.6 Å². The first-order chi connectivity index (χ1) is 12.6. The number of benzene rings is 1. The third kappa shape index (κ3) is 5.86. The van der Waals surface area contributed by atoms with Gasteiger partial charge in [-0.3, -0.25) is 9.59 Å². The summed E-state index contributed by atoms with van der Waals surface area (Å²) in [5, 5.41) is 5.63. The number of esters is 1. The van der Waals surface area contributed by atoms with Gasteiger partial charge in [-0.15, -0.1) is 0 Å². The highest BCUT2D eigenvalue weighted by atomic mass is 16.5. The Hall–Kier alpha value is -2.37. The van der Waals surface area contributed by atoms with Crippen LogP contribution in [-0.4, -0.2) is 36.5 Å². The van der Waals surface area contributed by atoms with Gasteiger partial charge in [0.1, 0.15) is 5.54 Å². The highest BCUT2D eigenvalue weighted by molar-refractivity contribution is 5.88. The van der Waals surface area contributed by atoms with E-state index < -0.39 is 5.54 Å². The van der Waals surface area contributed by atoms with Crippen LogP contribution in [0.4, 0.5) is 0 Å². The summed E-state index contributed by atoms with van der Waals surface area (Å²) < 4.78 is 5.17. The highest BCUT2D eigenvalue weighted by Crippen LogP contribution is 2.29. The predicted molar refractivity (Wildman–Crippen MR) is 98.4 cm³/mol. The fourth-order valence-corrected chi connectivity index (χ4v) is 3.29. The van der Waals surface area contributed by atoms with Crippen LogP contribution in [0.3, 0.4) is 0 Å². The lowest BCUT2D eigenvalue weighted by molar-refractivity contribution is -0.155. The molecule has 2 N–H and O–H groups in total. The van der Waals surface area contributed by atoms with Crippen molar-refractivity contribution in [2.45, 2.75) is 57.4 Å². The molecule has 0 aromatic heterocycles. The average Bonchev–Trinajstić information content (AvgIpc) is 2.63. The van der Waals surface area contributed by atoms with Crippen LogP contribution in [0.5, 0.6) is 0 Å². The monoisotopic (exact) mass is 360 g/mol. The van der Waals surface area contributed by atoms with Gasteiger partial charge in [0.2, 0.25) is 11.8 Å². The van der Waals surface area contributed by atoms with Gasteiger partial charge in [0.25, 0.3) is 0 Å². The third-order valence-corrected chi connectivity index (χ3v) is 4.63. The maximum absolute atomic E-state index is 12.3. The molecule has 0 heterocycles. The number of carbonyl (C=O) groups is 3. The van der Waals surface area contributed by atoms with Crippen LogP contribution in [0.15, 0.2) is 30.3 Å². The Morgan fingerprint density at radius 3 is 2.38 bits per heavy atom. The summed E-state index contributed by atoms with van der Waals surface area (Å²) in [6, 6.07) is 9.44. The second-order valence-electron chi connectivity index (χ2n) is 6.67.